The standard InChI is InChI=1S/C17H25N3O/c18-17(10-2-3-11-17)16(21)19-14-6-8-15(9-7-14)20-12-4-1-5-13-20/h6-9H,1-5,10-13,18H2,(H,19,21). The first-order valence-corrected chi connectivity index (χ1v) is 8.13. The van der Waals surface area contributed by atoms with Crippen LogP contribution in [-0.4, -0.2) is 24.5 Å². The van der Waals surface area contributed by atoms with Gasteiger partial charge in [0.1, 0.15) is 0 Å². The second kappa shape index (κ2) is 6.06. The minimum absolute atomic E-state index is 0.0364. The number of carbonyl (C=O) groups excluding carboxylic acids is 1. The van der Waals surface area contributed by atoms with Crippen LogP contribution >= 0.6 is 0 Å². The van der Waals surface area contributed by atoms with Crippen LogP contribution in [0.1, 0.15) is 44.9 Å². The highest BCUT2D eigenvalue weighted by Crippen LogP contribution is 2.29. The molecule has 0 unspecified atom stereocenters. The summed E-state index contributed by atoms with van der Waals surface area (Å²) in [6.07, 6.45) is 7.58. The minimum atomic E-state index is -0.661. The van der Waals surface area contributed by atoms with Crippen LogP contribution in [0.25, 0.3) is 0 Å². The third-order valence-corrected chi connectivity index (χ3v) is 4.79. The number of amides is 1. The van der Waals surface area contributed by atoms with Gasteiger partial charge in [-0.25, -0.2) is 0 Å². The number of hydrogen-bond donors (Lipinski definition) is 2. The number of nitrogens with one attached hydrogen (secondary N) is 1. The molecule has 1 saturated carbocycles. The van der Waals surface area contributed by atoms with Gasteiger partial charge in [0, 0.05) is 24.5 Å². The van der Waals surface area contributed by atoms with Gasteiger partial charge in [-0.05, 0) is 56.4 Å². The van der Waals surface area contributed by atoms with Crippen molar-refractivity contribution in [3.63, 3.8) is 0 Å². The van der Waals surface area contributed by atoms with Crippen molar-refractivity contribution in [1.82, 2.24) is 0 Å². The predicted molar refractivity (Wildman–Crippen MR) is 86.5 cm³/mol. The van der Waals surface area contributed by atoms with Crippen molar-refractivity contribution in [2.75, 3.05) is 23.3 Å². The van der Waals surface area contributed by atoms with Crippen LogP contribution in [0.4, 0.5) is 11.4 Å². The molecule has 1 aliphatic heterocycles. The molecular weight excluding hydrogens is 262 g/mol. The lowest BCUT2D eigenvalue weighted by molar-refractivity contribution is -0.121. The molecule has 3 rings (SSSR count). The molecule has 1 amide bonds. The van der Waals surface area contributed by atoms with Crippen molar-refractivity contribution in [2.24, 2.45) is 5.73 Å². The highest BCUT2D eigenvalue weighted by molar-refractivity contribution is 5.98. The molecule has 4 nitrogen and oxygen atoms in total. The summed E-state index contributed by atoms with van der Waals surface area (Å²) < 4.78 is 0. The van der Waals surface area contributed by atoms with Gasteiger partial charge in [-0.3, -0.25) is 4.79 Å². The number of rotatable bonds is 3. The number of piperidine rings is 1. The molecule has 1 saturated heterocycles. The van der Waals surface area contributed by atoms with E-state index < -0.39 is 5.54 Å². The van der Waals surface area contributed by atoms with E-state index in [0.29, 0.717) is 0 Å². The highest BCUT2D eigenvalue weighted by atomic mass is 16.2. The summed E-state index contributed by atoms with van der Waals surface area (Å²) in [4.78, 5) is 14.7. The molecule has 0 radical (unpaired) electrons. The van der Waals surface area contributed by atoms with E-state index in [0.717, 1.165) is 44.5 Å². The van der Waals surface area contributed by atoms with Crippen molar-refractivity contribution in [2.45, 2.75) is 50.5 Å². The molecule has 0 bridgehead atoms. The lowest BCUT2D eigenvalue weighted by Gasteiger charge is -2.29. The van der Waals surface area contributed by atoms with E-state index in [4.69, 9.17) is 5.73 Å². The van der Waals surface area contributed by atoms with Crippen molar-refractivity contribution in [1.29, 1.82) is 0 Å². The smallest absolute Gasteiger partial charge is 0.244 e. The van der Waals surface area contributed by atoms with Gasteiger partial charge in [0.05, 0.1) is 5.54 Å². The quantitative estimate of drug-likeness (QED) is 0.898. The van der Waals surface area contributed by atoms with Crippen LogP contribution in [0.5, 0.6) is 0 Å². The Labute approximate surface area is 126 Å². The van der Waals surface area contributed by atoms with E-state index in [1.165, 1.54) is 24.9 Å². The summed E-state index contributed by atoms with van der Waals surface area (Å²) in [5, 5.41) is 2.97. The van der Waals surface area contributed by atoms with E-state index in [1.807, 2.05) is 12.1 Å². The highest BCUT2D eigenvalue weighted by Gasteiger charge is 2.36. The predicted octanol–water partition coefficient (Wildman–Crippen LogP) is 2.89. The number of benzene rings is 1. The van der Waals surface area contributed by atoms with Gasteiger partial charge in [0.2, 0.25) is 5.91 Å². The number of hydrogen-bond acceptors (Lipinski definition) is 3. The topological polar surface area (TPSA) is 58.4 Å². The SMILES string of the molecule is NC1(C(=O)Nc2ccc(N3CCCCC3)cc2)CCCC1. The van der Waals surface area contributed by atoms with Crippen LogP contribution in [0.3, 0.4) is 0 Å². The van der Waals surface area contributed by atoms with E-state index >= 15 is 0 Å². The Hall–Kier alpha value is -1.55. The molecule has 3 N–H and O–H groups in total. The Morgan fingerprint density at radius 2 is 1.62 bits per heavy atom. The second-order valence-corrected chi connectivity index (χ2v) is 6.41. The van der Waals surface area contributed by atoms with Crippen LogP contribution in [0.15, 0.2) is 24.3 Å². The van der Waals surface area contributed by atoms with Gasteiger partial charge < -0.3 is 16.0 Å². The fourth-order valence-corrected chi connectivity index (χ4v) is 3.40. The normalized spacial score (nSPS) is 21.3. The Morgan fingerprint density at radius 1 is 1.00 bits per heavy atom. The number of carbonyl (C=O) groups is 1. The van der Waals surface area contributed by atoms with E-state index in [9.17, 15) is 4.79 Å². The molecule has 1 heterocycles. The van der Waals surface area contributed by atoms with Gasteiger partial charge >= 0.3 is 0 Å². The third kappa shape index (κ3) is 3.21. The van der Waals surface area contributed by atoms with Crippen molar-refractivity contribution in [3.8, 4) is 0 Å². The lowest BCUT2D eigenvalue weighted by Crippen LogP contribution is -2.48. The maximum atomic E-state index is 12.3. The molecule has 2 aliphatic rings. The Bertz CT molecular complexity index is 485. The summed E-state index contributed by atoms with van der Waals surface area (Å²) in [6, 6.07) is 8.16. The molecule has 21 heavy (non-hydrogen) atoms. The molecule has 1 aromatic carbocycles. The first kappa shape index (κ1) is 14.4. The molecule has 0 atom stereocenters. The summed E-state index contributed by atoms with van der Waals surface area (Å²) in [5.74, 6) is -0.0364. The number of nitrogens with two attached hydrogens (primary N) is 1. The Morgan fingerprint density at radius 3 is 2.24 bits per heavy atom. The zero-order valence-electron chi connectivity index (χ0n) is 12.6. The van der Waals surface area contributed by atoms with E-state index in [1.54, 1.807) is 0 Å². The first-order valence-electron chi connectivity index (χ1n) is 8.13. The average Bonchev–Trinajstić information content (AvgIpc) is 2.97. The van der Waals surface area contributed by atoms with Crippen LogP contribution < -0.4 is 16.0 Å². The van der Waals surface area contributed by atoms with Crippen LogP contribution in [0.2, 0.25) is 0 Å². The van der Waals surface area contributed by atoms with Gasteiger partial charge in [0.15, 0.2) is 0 Å². The van der Waals surface area contributed by atoms with E-state index in [2.05, 4.69) is 22.3 Å². The van der Waals surface area contributed by atoms with Gasteiger partial charge in [0.25, 0.3) is 0 Å². The Balaban J connectivity index is 1.62. The zero-order chi connectivity index (χ0) is 14.7. The van der Waals surface area contributed by atoms with Crippen molar-refractivity contribution < 1.29 is 4.79 Å². The first-order chi connectivity index (χ1) is 10.2. The molecule has 1 aromatic rings. The number of anilines is 2. The van der Waals surface area contributed by atoms with Gasteiger partial charge in [-0.15, -0.1) is 0 Å². The van der Waals surface area contributed by atoms with Crippen molar-refractivity contribution in [3.05, 3.63) is 24.3 Å². The summed E-state index contributed by atoms with van der Waals surface area (Å²) >= 11 is 0. The third-order valence-electron chi connectivity index (χ3n) is 4.79. The van der Waals surface area contributed by atoms with Crippen LogP contribution in [-0.2, 0) is 4.79 Å². The Kier molecular flexibility index (Phi) is 4.15. The maximum absolute atomic E-state index is 12.3. The minimum Gasteiger partial charge on any atom is -0.372 e. The van der Waals surface area contributed by atoms with Crippen molar-refractivity contribution >= 4 is 17.3 Å². The summed E-state index contributed by atoms with van der Waals surface area (Å²) in [6.45, 7) is 2.27. The van der Waals surface area contributed by atoms with Gasteiger partial charge in [-0.1, -0.05) is 12.8 Å². The largest absolute Gasteiger partial charge is 0.372 e. The lowest BCUT2D eigenvalue weighted by atomic mass is 9.98. The summed E-state index contributed by atoms with van der Waals surface area (Å²) in [5.41, 5.74) is 7.61. The molecular formula is C17H25N3O. The zero-order valence-corrected chi connectivity index (χ0v) is 12.6. The van der Waals surface area contributed by atoms with Gasteiger partial charge in [-0.2, -0.15) is 0 Å². The fourth-order valence-electron chi connectivity index (χ4n) is 3.40. The monoisotopic (exact) mass is 287 g/mol. The molecule has 4 heteroatoms. The molecule has 0 spiro atoms. The van der Waals surface area contributed by atoms with Crippen LogP contribution in [0, 0.1) is 0 Å². The second-order valence-electron chi connectivity index (χ2n) is 6.41. The molecule has 2 fully saturated rings. The fraction of sp³-hybridized carbons (Fsp3) is 0.588. The molecule has 114 valence electrons. The molecule has 1 aliphatic carbocycles. The maximum Gasteiger partial charge on any atom is 0.244 e. The molecule has 0 aromatic heterocycles. The van der Waals surface area contributed by atoms with E-state index in [-0.39, 0.29) is 5.91 Å². The summed E-state index contributed by atoms with van der Waals surface area (Å²) in [7, 11) is 0. The number of nitrogens with zero attached hydrogens (tertiary/aromatic N) is 1. The average molecular weight is 287 g/mol.